The monoisotopic (exact) mass is 437 g/mol. The predicted octanol–water partition coefficient (Wildman–Crippen LogP) is 2.83. The molecule has 3 aromatic rings. The summed E-state index contributed by atoms with van der Waals surface area (Å²) in [5.41, 5.74) is 1.97. The van der Waals surface area contributed by atoms with Gasteiger partial charge in [-0.25, -0.2) is 9.88 Å². The number of carbonyl (C=O) groups is 1. The van der Waals surface area contributed by atoms with Crippen LogP contribution in [0.25, 0.3) is 11.3 Å². The zero-order chi connectivity index (χ0) is 22.1. The Kier molecular flexibility index (Phi) is 5.55. The van der Waals surface area contributed by atoms with Gasteiger partial charge in [0.05, 0.1) is 22.1 Å². The molecule has 1 atom stereocenters. The van der Waals surface area contributed by atoms with E-state index in [1.165, 1.54) is 28.6 Å². The number of nitro benzene ring substituents is 1. The van der Waals surface area contributed by atoms with Crippen LogP contribution in [0.4, 0.5) is 11.4 Å². The van der Waals surface area contributed by atoms with Crippen molar-refractivity contribution < 1.29 is 19.5 Å². The van der Waals surface area contributed by atoms with E-state index in [-0.39, 0.29) is 22.4 Å². The van der Waals surface area contributed by atoms with Crippen molar-refractivity contribution in [3.05, 3.63) is 64.2 Å². The number of benzene rings is 2. The highest BCUT2D eigenvalue weighted by Crippen LogP contribution is 2.41. The van der Waals surface area contributed by atoms with Crippen molar-refractivity contribution in [3.8, 4) is 17.1 Å². The fourth-order valence-corrected chi connectivity index (χ4v) is 4.04. The van der Waals surface area contributed by atoms with Gasteiger partial charge in [-0.1, -0.05) is 35.5 Å². The molecule has 4 rings (SSSR count). The minimum atomic E-state index is -0.772. The van der Waals surface area contributed by atoms with E-state index in [0.717, 1.165) is 0 Å². The van der Waals surface area contributed by atoms with E-state index in [0.29, 0.717) is 29.7 Å². The molecule has 2 heterocycles. The molecule has 0 saturated carbocycles. The predicted molar refractivity (Wildman–Crippen MR) is 113 cm³/mol. The molecule has 1 unspecified atom stereocenters. The van der Waals surface area contributed by atoms with E-state index in [1.54, 1.807) is 47.6 Å². The fraction of sp³-hybridized carbons (Fsp3) is 0.238. The Hall–Kier alpha value is -3.53. The minimum Gasteiger partial charge on any atom is -0.854 e. The average Bonchev–Trinajstić information content (AvgIpc) is 2.77. The molecule has 1 amide bonds. The van der Waals surface area contributed by atoms with Gasteiger partial charge >= 0.3 is 0 Å². The van der Waals surface area contributed by atoms with Gasteiger partial charge in [-0.15, -0.1) is 0 Å². The normalized spacial score (nSPS) is 14.6. The molecule has 1 aliphatic heterocycles. The van der Waals surface area contributed by atoms with E-state index in [4.69, 9.17) is 0 Å². The number of nitro groups is 1. The Morgan fingerprint density at radius 1 is 1.23 bits per heavy atom. The Labute approximate surface area is 182 Å². The highest BCUT2D eigenvalue weighted by atomic mass is 32.2. The van der Waals surface area contributed by atoms with Crippen molar-refractivity contribution in [2.75, 3.05) is 11.2 Å². The zero-order valence-corrected chi connectivity index (χ0v) is 17.7. The number of amides is 1. The van der Waals surface area contributed by atoms with Crippen LogP contribution in [-0.4, -0.2) is 27.2 Å². The smallest absolute Gasteiger partial charge is 0.293 e. The number of rotatable bonds is 5. The highest BCUT2D eigenvalue weighted by molar-refractivity contribution is 7.98. The van der Waals surface area contributed by atoms with Crippen molar-refractivity contribution in [2.45, 2.75) is 31.1 Å². The molecule has 1 aliphatic rings. The summed E-state index contributed by atoms with van der Waals surface area (Å²) in [6.07, 6.45) is 1.94. The zero-order valence-electron chi connectivity index (χ0n) is 16.9. The van der Waals surface area contributed by atoms with Gasteiger partial charge in [-0.05, 0) is 36.9 Å². The van der Waals surface area contributed by atoms with Crippen molar-refractivity contribution in [1.29, 1.82) is 0 Å². The van der Waals surface area contributed by atoms with Gasteiger partial charge in [-0.2, -0.15) is 0 Å². The van der Waals surface area contributed by atoms with Crippen LogP contribution in [0.3, 0.4) is 0 Å². The van der Waals surface area contributed by atoms with Crippen molar-refractivity contribution in [3.63, 3.8) is 0 Å². The van der Waals surface area contributed by atoms with E-state index < -0.39 is 17.0 Å². The molecule has 0 N–H and O–H groups in total. The second kappa shape index (κ2) is 8.31. The quantitative estimate of drug-likeness (QED) is 0.261. The van der Waals surface area contributed by atoms with Crippen LogP contribution in [0.2, 0.25) is 0 Å². The third kappa shape index (κ3) is 3.59. The topological polar surface area (TPSA) is 116 Å². The highest BCUT2D eigenvalue weighted by Gasteiger charge is 2.44. The largest absolute Gasteiger partial charge is 0.854 e. The fourth-order valence-electron chi connectivity index (χ4n) is 3.69. The molecule has 0 radical (unpaired) electrons. The summed E-state index contributed by atoms with van der Waals surface area (Å²) < 4.78 is 1.51. The second-order valence-corrected chi connectivity index (χ2v) is 7.72. The third-order valence-corrected chi connectivity index (χ3v) is 5.57. The number of hydrogen-bond donors (Lipinski definition) is 0. The standard InChI is InChI=1S/C21H19N5O4S/c1-3-6-17(27)24-16-8-5-4-7-15(16)18-19(28)22-21(31-2)23-25(18)20(24)13-9-11-14(12-10-13)26(29)30/h4-5,7-12,20H,3,6H2,1-2H3. The van der Waals surface area contributed by atoms with E-state index in [2.05, 4.69) is 10.1 Å². The Morgan fingerprint density at radius 3 is 2.58 bits per heavy atom. The first-order valence-corrected chi connectivity index (χ1v) is 10.9. The van der Waals surface area contributed by atoms with Crippen LogP contribution in [0.1, 0.15) is 31.5 Å². The van der Waals surface area contributed by atoms with Crippen LogP contribution in [0, 0.1) is 10.1 Å². The van der Waals surface area contributed by atoms with Gasteiger partial charge in [0.25, 0.3) is 22.7 Å². The number of aromatic nitrogens is 3. The summed E-state index contributed by atoms with van der Waals surface area (Å²) >= 11 is 1.22. The summed E-state index contributed by atoms with van der Waals surface area (Å²) in [5, 5.41) is 28.9. The molecule has 158 valence electrons. The molecular formula is C21H19N5O4S. The van der Waals surface area contributed by atoms with Crippen LogP contribution in [0.15, 0.2) is 53.7 Å². The summed E-state index contributed by atoms with van der Waals surface area (Å²) in [6, 6.07) is 13.1. The molecular weight excluding hydrogens is 418 g/mol. The lowest BCUT2D eigenvalue weighted by Gasteiger charge is -2.33. The second-order valence-electron chi connectivity index (χ2n) is 6.95. The summed E-state index contributed by atoms with van der Waals surface area (Å²) in [5.74, 6) is -0.575. The molecule has 0 aliphatic carbocycles. The van der Waals surface area contributed by atoms with Gasteiger partial charge in [0, 0.05) is 29.2 Å². The number of thioether (sulfide) groups is 1. The first-order valence-electron chi connectivity index (χ1n) is 9.67. The summed E-state index contributed by atoms with van der Waals surface area (Å²) in [6.45, 7) is 1.92. The number of nitrogens with zero attached hydrogens (tertiary/aromatic N) is 5. The Balaban J connectivity index is 2.01. The number of anilines is 1. The van der Waals surface area contributed by atoms with Gasteiger partial charge in [0.15, 0.2) is 0 Å². The SMILES string of the molecule is CCCC(=O)N1c2ccccc2-c2c([O-])nc(SC)n[n+]2C1c1ccc([N+](=O)[O-])cc1. The molecule has 0 bridgehead atoms. The lowest BCUT2D eigenvalue weighted by Crippen LogP contribution is -2.59. The van der Waals surface area contributed by atoms with E-state index in [1.807, 2.05) is 6.92 Å². The molecule has 10 heteroatoms. The maximum absolute atomic E-state index is 13.2. The van der Waals surface area contributed by atoms with Crippen molar-refractivity contribution in [2.24, 2.45) is 0 Å². The number of fused-ring (bicyclic) bond motifs is 3. The molecule has 2 aromatic carbocycles. The lowest BCUT2D eigenvalue weighted by atomic mass is 10.0. The lowest BCUT2D eigenvalue weighted by molar-refractivity contribution is -0.764. The molecule has 0 spiro atoms. The molecule has 1 aromatic heterocycles. The maximum Gasteiger partial charge on any atom is 0.293 e. The van der Waals surface area contributed by atoms with Crippen LogP contribution >= 0.6 is 11.8 Å². The van der Waals surface area contributed by atoms with Gasteiger partial charge in [0.2, 0.25) is 5.91 Å². The van der Waals surface area contributed by atoms with Crippen LogP contribution < -0.4 is 14.7 Å². The Bertz CT molecular complexity index is 1170. The number of hydrogen-bond acceptors (Lipinski definition) is 7. The number of para-hydroxylation sites is 1. The number of carbonyl (C=O) groups excluding carboxylic acids is 1. The van der Waals surface area contributed by atoms with Gasteiger partial charge in [-0.3, -0.25) is 14.9 Å². The van der Waals surface area contributed by atoms with Gasteiger partial charge < -0.3 is 5.11 Å². The van der Waals surface area contributed by atoms with Crippen molar-refractivity contribution in [1.82, 2.24) is 10.1 Å². The first-order chi connectivity index (χ1) is 15.0. The van der Waals surface area contributed by atoms with Gasteiger partial charge in [0.1, 0.15) is 0 Å². The van der Waals surface area contributed by atoms with E-state index in [9.17, 15) is 20.0 Å². The summed E-state index contributed by atoms with van der Waals surface area (Å²) in [4.78, 5) is 29.5. The third-order valence-electron chi connectivity index (χ3n) is 5.03. The first kappa shape index (κ1) is 20.7. The minimum absolute atomic E-state index is 0.0615. The molecule has 9 nitrogen and oxygen atoms in total. The number of non-ortho nitro benzene ring substituents is 1. The average molecular weight is 437 g/mol. The summed E-state index contributed by atoms with van der Waals surface area (Å²) in [7, 11) is 0. The molecule has 0 saturated heterocycles. The van der Waals surface area contributed by atoms with Crippen molar-refractivity contribution >= 4 is 29.0 Å². The van der Waals surface area contributed by atoms with Crippen LogP contribution in [0.5, 0.6) is 5.88 Å². The maximum atomic E-state index is 13.2. The Morgan fingerprint density at radius 2 is 1.94 bits per heavy atom. The molecule has 31 heavy (non-hydrogen) atoms. The van der Waals surface area contributed by atoms with Crippen LogP contribution in [-0.2, 0) is 4.79 Å². The van der Waals surface area contributed by atoms with E-state index >= 15 is 0 Å². The molecule has 0 fully saturated rings.